The lowest BCUT2D eigenvalue weighted by Gasteiger charge is -2.43. The molecule has 1 saturated heterocycles. The van der Waals surface area contributed by atoms with Crippen LogP contribution in [0.1, 0.15) is 57.7 Å². The van der Waals surface area contributed by atoms with Gasteiger partial charge in [-0.05, 0) is 44.1 Å². The molecule has 3 atom stereocenters. The Balaban J connectivity index is 1.83. The van der Waals surface area contributed by atoms with Crippen LogP contribution in [0.15, 0.2) is 18.2 Å². The van der Waals surface area contributed by atoms with Gasteiger partial charge < -0.3 is 24.5 Å². The predicted octanol–water partition coefficient (Wildman–Crippen LogP) is 6.08. The van der Waals surface area contributed by atoms with Crippen molar-refractivity contribution in [2.24, 2.45) is 0 Å². The van der Waals surface area contributed by atoms with E-state index in [1.165, 1.54) is 6.07 Å². The molecule has 3 heterocycles. The van der Waals surface area contributed by atoms with Crippen LogP contribution in [0.5, 0.6) is 11.8 Å². The Morgan fingerprint density at radius 2 is 1.72 bits per heavy atom. The quantitative estimate of drug-likeness (QED) is 0.334. The van der Waals surface area contributed by atoms with Crippen LogP contribution in [0.2, 0.25) is 18.1 Å². The van der Waals surface area contributed by atoms with E-state index < -0.39 is 54.3 Å². The second-order valence-corrected chi connectivity index (χ2v) is 16.5. The van der Waals surface area contributed by atoms with E-state index in [0.29, 0.717) is 6.07 Å². The van der Waals surface area contributed by atoms with Gasteiger partial charge in [-0.1, -0.05) is 26.8 Å². The van der Waals surface area contributed by atoms with Gasteiger partial charge in [-0.2, -0.15) is 13.2 Å². The molecule has 0 aliphatic carbocycles. The van der Waals surface area contributed by atoms with E-state index in [1.54, 1.807) is 13.8 Å². The number of aliphatic hydroxyl groups is 1. The van der Waals surface area contributed by atoms with Crippen LogP contribution in [-0.2, 0) is 26.5 Å². The lowest BCUT2D eigenvalue weighted by molar-refractivity contribution is -0.146. The number of alkyl halides is 3. The highest BCUT2D eigenvalue weighted by molar-refractivity contribution is 6.74. The molecule has 0 radical (unpaired) electrons. The molecule has 1 aromatic carbocycles. The van der Waals surface area contributed by atoms with Gasteiger partial charge in [0.25, 0.3) is 0 Å². The number of hydrogen-bond donors (Lipinski definition) is 3. The summed E-state index contributed by atoms with van der Waals surface area (Å²) in [6.45, 7) is 20.5. The third-order valence-electron chi connectivity index (χ3n) is 8.22. The first-order chi connectivity index (χ1) is 16.2. The zero-order valence-corrected chi connectivity index (χ0v) is 22.3. The highest BCUT2D eigenvalue weighted by atomic mass is 28.4. The van der Waals surface area contributed by atoms with Crippen molar-refractivity contribution in [1.29, 1.82) is 0 Å². The molecule has 4 rings (SSSR count). The molecule has 2 bridgehead atoms. The summed E-state index contributed by atoms with van der Waals surface area (Å²) < 4.78 is 54.1. The van der Waals surface area contributed by atoms with Crippen LogP contribution < -0.4 is 0 Å². The molecule has 2 unspecified atom stereocenters. The summed E-state index contributed by atoms with van der Waals surface area (Å²) >= 11 is 0. The number of halogens is 3. The molecule has 2 aliphatic heterocycles. The molecule has 196 valence electrons. The van der Waals surface area contributed by atoms with Gasteiger partial charge in [-0.3, -0.25) is 4.57 Å². The second kappa shape index (κ2) is 7.51. The molecular formula is C25H31F3N2O5Si. The van der Waals surface area contributed by atoms with Crippen LogP contribution in [0, 0.1) is 6.57 Å². The normalized spacial score (nSPS) is 27.8. The molecule has 7 nitrogen and oxygen atoms in total. The van der Waals surface area contributed by atoms with E-state index in [0.717, 1.165) is 10.6 Å². The number of nitrogens with zero attached hydrogens (tertiary/aromatic N) is 2. The average molecular weight is 525 g/mol. The summed E-state index contributed by atoms with van der Waals surface area (Å²) in [5, 5.41) is 34.0. The second-order valence-electron chi connectivity index (χ2n) is 11.7. The van der Waals surface area contributed by atoms with E-state index in [4.69, 9.17) is 15.7 Å². The Hall–Kier alpha value is -2.52. The summed E-state index contributed by atoms with van der Waals surface area (Å²) in [6.07, 6.45) is -4.75. The molecule has 1 aromatic heterocycles. The zero-order valence-electron chi connectivity index (χ0n) is 21.3. The largest absolute Gasteiger partial charge is 0.494 e. The molecule has 0 spiro atoms. The van der Waals surface area contributed by atoms with Crippen molar-refractivity contribution in [2.75, 3.05) is 6.61 Å². The summed E-state index contributed by atoms with van der Waals surface area (Å²) in [5.74, 6) is -1.02. The number of aromatic nitrogens is 1. The Morgan fingerprint density at radius 3 is 2.25 bits per heavy atom. The third kappa shape index (κ3) is 3.49. The summed E-state index contributed by atoms with van der Waals surface area (Å²) in [6, 6.07) is 2.92. The van der Waals surface area contributed by atoms with Crippen LogP contribution in [0.3, 0.4) is 0 Å². The Bertz CT molecular complexity index is 1290. The standard InChI is InChI=1S/C25H31F3N2O5Si/c1-21(2,3)36(7,8)34-13-24(33)12-22(4)17-18(23(24,5)35-22)20(32)30(19(17)31)14-9-10-16(29-6)15(11-14)25(26,27)28/h9-11,31-33H,12-13H2,1-5,7-8H3/t22?,23?,24-/m1/s1. The van der Waals surface area contributed by atoms with Crippen molar-refractivity contribution >= 4 is 14.0 Å². The van der Waals surface area contributed by atoms with Gasteiger partial charge in [-0.15, -0.1) is 0 Å². The van der Waals surface area contributed by atoms with Crippen LogP contribution in [0.25, 0.3) is 10.5 Å². The Kier molecular flexibility index (Phi) is 5.53. The van der Waals surface area contributed by atoms with E-state index in [2.05, 4.69) is 25.6 Å². The number of hydrogen-bond acceptors (Lipinski definition) is 5. The molecule has 0 saturated carbocycles. The maximum Gasteiger partial charge on any atom is 0.407 e. The van der Waals surface area contributed by atoms with Crippen LogP contribution in [0.4, 0.5) is 18.9 Å². The molecule has 3 N–H and O–H groups in total. The minimum atomic E-state index is -4.81. The van der Waals surface area contributed by atoms with Crippen LogP contribution >= 0.6 is 0 Å². The van der Waals surface area contributed by atoms with Gasteiger partial charge in [0.1, 0.15) is 16.8 Å². The van der Waals surface area contributed by atoms with E-state index >= 15 is 0 Å². The SMILES string of the molecule is [C-]#[N+]c1ccc(-n2c(O)c3c(c2O)C2(C)OC3(C)C[C@@]2(O)CO[Si](C)(C)C(C)(C)C)cc1C(F)(F)F. The van der Waals surface area contributed by atoms with Gasteiger partial charge in [-0.25, -0.2) is 4.85 Å². The maximum atomic E-state index is 13.6. The van der Waals surface area contributed by atoms with E-state index in [9.17, 15) is 28.5 Å². The molecule has 2 aromatic rings. The molecule has 1 fully saturated rings. The van der Waals surface area contributed by atoms with Crippen molar-refractivity contribution < 1.29 is 37.7 Å². The fourth-order valence-corrected chi connectivity index (χ4v) is 6.20. The van der Waals surface area contributed by atoms with E-state index in [1.807, 2.05) is 13.1 Å². The van der Waals surface area contributed by atoms with E-state index in [-0.39, 0.29) is 34.9 Å². The molecule has 11 heteroatoms. The zero-order chi connectivity index (χ0) is 27.3. The smallest absolute Gasteiger partial charge is 0.407 e. The predicted molar refractivity (Wildman–Crippen MR) is 129 cm³/mol. The van der Waals surface area contributed by atoms with Gasteiger partial charge in [0.05, 0.1) is 35.6 Å². The van der Waals surface area contributed by atoms with Crippen molar-refractivity contribution in [2.45, 2.75) is 82.2 Å². The highest BCUT2D eigenvalue weighted by Gasteiger charge is 2.71. The monoisotopic (exact) mass is 524 g/mol. The topological polar surface area (TPSA) is 88.4 Å². The molecular weight excluding hydrogens is 493 g/mol. The van der Waals surface area contributed by atoms with Gasteiger partial charge >= 0.3 is 6.18 Å². The fourth-order valence-electron chi connectivity index (χ4n) is 5.17. The first-order valence-corrected chi connectivity index (χ1v) is 14.5. The lowest BCUT2D eigenvalue weighted by Crippen LogP contribution is -2.54. The summed E-state index contributed by atoms with van der Waals surface area (Å²) in [7, 11) is -2.26. The highest BCUT2D eigenvalue weighted by Crippen LogP contribution is 2.68. The summed E-state index contributed by atoms with van der Waals surface area (Å²) in [4.78, 5) is 2.93. The Labute approximate surface area is 209 Å². The molecule has 0 amide bonds. The molecule has 2 aliphatic rings. The van der Waals surface area contributed by atoms with Gasteiger partial charge in [0.15, 0.2) is 14.0 Å². The first-order valence-electron chi connectivity index (χ1n) is 11.6. The number of ether oxygens (including phenoxy) is 1. The number of aromatic hydroxyl groups is 2. The fraction of sp³-hybridized carbons (Fsp3) is 0.560. The number of benzene rings is 1. The van der Waals surface area contributed by atoms with Crippen molar-refractivity contribution in [3.63, 3.8) is 0 Å². The average Bonchev–Trinajstić information content (AvgIpc) is 3.23. The van der Waals surface area contributed by atoms with Gasteiger partial charge in [0.2, 0.25) is 11.8 Å². The molecule has 36 heavy (non-hydrogen) atoms. The summed E-state index contributed by atoms with van der Waals surface area (Å²) in [5.41, 5.74) is -5.90. The number of rotatable bonds is 4. The van der Waals surface area contributed by atoms with Gasteiger partial charge in [0, 0.05) is 6.42 Å². The first kappa shape index (κ1) is 26.5. The Morgan fingerprint density at radius 1 is 1.14 bits per heavy atom. The minimum absolute atomic E-state index is 0.0552. The third-order valence-corrected chi connectivity index (χ3v) is 12.7. The minimum Gasteiger partial charge on any atom is -0.494 e. The van der Waals surface area contributed by atoms with Crippen LogP contribution in [-0.4, -0.2) is 40.4 Å². The lowest BCUT2D eigenvalue weighted by atomic mass is 9.70. The number of fused-ring (bicyclic) bond motifs is 5. The van der Waals surface area contributed by atoms with Crippen molar-refractivity contribution in [3.8, 4) is 17.4 Å². The maximum absolute atomic E-state index is 13.6. The van der Waals surface area contributed by atoms with Crippen molar-refractivity contribution in [1.82, 2.24) is 4.57 Å². The van der Waals surface area contributed by atoms with Crippen molar-refractivity contribution in [3.05, 3.63) is 46.3 Å².